The molecule has 2 atom stereocenters. The molecule has 4 rings (SSSR count). The van der Waals surface area contributed by atoms with Gasteiger partial charge in [-0.3, -0.25) is 9.69 Å². The van der Waals surface area contributed by atoms with Crippen LogP contribution in [0.2, 0.25) is 0 Å². The highest BCUT2D eigenvalue weighted by atomic mass is 32.2. The van der Waals surface area contributed by atoms with Crippen molar-refractivity contribution in [3.8, 4) is 5.75 Å². The molecule has 1 amide bonds. The van der Waals surface area contributed by atoms with Crippen molar-refractivity contribution in [1.82, 2.24) is 19.9 Å². The zero-order valence-corrected chi connectivity index (χ0v) is 21.8. The molecule has 0 spiro atoms. The monoisotopic (exact) mass is 560 g/mol. The number of aromatic nitrogens is 2. The Hall–Kier alpha value is -2.71. The van der Waals surface area contributed by atoms with E-state index in [1.54, 1.807) is 17.0 Å². The third-order valence-electron chi connectivity index (χ3n) is 6.69. The Kier molecular flexibility index (Phi) is 8.93. The minimum absolute atomic E-state index is 0.0182. The highest BCUT2D eigenvalue weighted by molar-refractivity contribution is 7.91. The summed E-state index contributed by atoms with van der Waals surface area (Å²) in [5.41, 5.74) is 0.752. The molecule has 0 aliphatic carbocycles. The van der Waals surface area contributed by atoms with E-state index in [2.05, 4.69) is 14.9 Å². The number of alkyl halides is 3. The molecule has 3 heterocycles. The van der Waals surface area contributed by atoms with E-state index in [1.165, 1.54) is 12.1 Å². The summed E-state index contributed by atoms with van der Waals surface area (Å²) in [6.45, 7) is 4.27. The summed E-state index contributed by atoms with van der Waals surface area (Å²) in [5.74, 6) is -0.0346. The molecule has 2 saturated heterocycles. The second-order valence-corrected chi connectivity index (χ2v) is 11.8. The normalized spacial score (nSPS) is 22.4. The number of benzene rings is 1. The molecule has 10 nitrogen and oxygen atoms in total. The van der Waals surface area contributed by atoms with Gasteiger partial charge in [-0.2, -0.15) is 4.98 Å². The first-order valence-corrected chi connectivity index (χ1v) is 14.3. The summed E-state index contributed by atoms with van der Waals surface area (Å²) in [6.07, 6.45) is -3.75. The fourth-order valence-corrected chi connectivity index (χ4v) is 5.98. The Morgan fingerprint density at radius 3 is 2.47 bits per heavy atom. The number of halogens is 3. The average Bonchev–Trinajstić information content (AvgIpc) is 3.34. The van der Waals surface area contributed by atoms with Gasteiger partial charge in [0.15, 0.2) is 15.7 Å². The average molecular weight is 561 g/mol. The predicted molar refractivity (Wildman–Crippen MR) is 129 cm³/mol. The van der Waals surface area contributed by atoms with Crippen LogP contribution in [0.1, 0.15) is 42.5 Å². The SMILES string of the molecule is CCOCCc1noc(C2CC(c3ccc(OC(F)(F)F)cc3)CN(C(=O)CN3CCS(=O)(=O)CC3)C2)n1. The second-order valence-electron chi connectivity index (χ2n) is 9.47. The van der Waals surface area contributed by atoms with Crippen molar-refractivity contribution < 1.29 is 40.4 Å². The van der Waals surface area contributed by atoms with Gasteiger partial charge in [-0.1, -0.05) is 17.3 Å². The van der Waals surface area contributed by atoms with E-state index in [9.17, 15) is 26.4 Å². The van der Waals surface area contributed by atoms with E-state index < -0.39 is 16.2 Å². The maximum atomic E-state index is 13.3. The Balaban J connectivity index is 1.49. The number of ether oxygens (including phenoxy) is 2. The van der Waals surface area contributed by atoms with Crippen LogP contribution in [0.5, 0.6) is 5.75 Å². The van der Waals surface area contributed by atoms with Crippen molar-refractivity contribution in [3.05, 3.63) is 41.5 Å². The first-order chi connectivity index (χ1) is 18.0. The van der Waals surface area contributed by atoms with E-state index in [-0.39, 0.29) is 41.5 Å². The van der Waals surface area contributed by atoms with Crippen LogP contribution in [0.4, 0.5) is 13.2 Å². The Morgan fingerprint density at radius 1 is 1.13 bits per heavy atom. The summed E-state index contributed by atoms with van der Waals surface area (Å²) in [6, 6.07) is 5.64. The molecule has 2 aromatic rings. The summed E-state index contributed by atoms with van der Waals surface area (Å²) in [4.78, 5) is 21.3. The molecule has 38 heavy (non-hydrogen) atoms. The van der Waals surface area contributed by atoms with Gasteiger partial charge in [0.1, 0.15) is 5.75 Å². The fraction of sp³-hybridized carbons (Fsp3) is 0.625. The highest BCUT2D eigenvalue weighted by Crippen LogP contribution is 2.36. The number of hydrogen-bond donors (Lipinski definition) is 0. The topological polar surface area (TPSA) is 115 Å². The van der Waals surface area contributed by atoms with Crippen LogP contribution in [-0.2, 0) is 25.8 Å². The number of carbonyl (C=O) groups is 1. The molecule has 210 valence electrons. The van der Waals surface area contributed by atoms with Gasteiger partial charge < -0.3 is 18.9 Å². The Labute approximate surface area is 219 Å². The van der Waals surface area contributed by atoms with Crippen molar-refractivity contribution in [1.29, 1.82) is 0 Å². The molecular weight excluding hydrogens is 529 g/mol. The number of piperidine rings is 1. The molecule has 2 aliphatic rings. The van der Waals surface area contributed by atoms with Gasteiger partial charge in [-0.15, -0.1) is 13.2 Å². The standard InChI is InChI=1S/C24H31F3N4O6S/c1-2-35-10-7-21-28-23(37-29-21)19-13-18(17-3-5-20(6-4-17)36-24(25,26)27)14-31(15-19)22(32)16-30-8-11-38(33,34)12-9-30/h3-6,18-19H,2,7-16H2,1H3. The summed E-state index contributed by atoms with van der Waals surface area (Å²) >= 11 is 0. The van der Waals surface area contributed by atoms with E-state index in [0.717, 1.165) is 5.56 Å². The van der Waals surface area contributed by atoms with Crippen LogP contribution >= 0.6 is 0 Å². The largest absolute Gasteiger partial charge is 0.573 e. The fourth-order valence-electron chi connectivity index (χ4n) is 4.71. The lowest BCUT2D eigenvalue weighted by Gasteiger charge is -2.38. The van der Waals surface area contributed by atoms with Crippen LogP contribution in [-0.4, -0.2) is 98.1 Å². The zero-order valence-electron chi connectivity index (χ0n) is 21.0. The summed E-state index contributed by atoms with van der Waals surface area (Å²) in [5, 5.41) is 4.03. The van der Waals surface area contributed by atoms with Crippen LogP contribution in [0.3, 0.4) is 0 Å². The second kappa shape index (κ2) is 12.0. The maximum Gasteiger partial charge on any atom is 0.573 e. The van der Waals surface area contributed by atoms with Gasteiger partial charge in [0.05, 0.1) is 30.6 Å². The smallest absolute Gasteiger partial charge is 0.406 e. The van der Waals surface area contributed by atoms with Gasteiger partial charge >= 0.3 is 6.36 Å². The number of hydrogen-bond acceptors (Lipinski definition) is 9. The number of nitrogens with zero attached hydrogens (tertiary/aromatic N) is 4. The lowest BCUT2D eigenvalue weighted by Crippen LogP contribution is -2.49. The van der Waals surface area contributed by atoms with Crippen LogP contribution in [0.15, 0.2) is 28.8 Å². The van der Waals surface area contributed by atoms with Gasteiger partial charge in [0, 0.05) is 45.1 Å². The predicted octanol–water partition coefficient (Wildman–Crippen LogP) is 2.38. The van der Waals surface area contributed by atoms with Crippen molar-refractivity contribution in [2.24, 2.45) is 0 Å². The molecular formula is C24H31F3N4O6S. The maximum absolute atomic E-state index is 13.3. The molecule has 2 unspecified atom stereocenters. The third-order valence-corrected chi connectivity index (χ3v) is 8.30. The molecule has 0 saturated carbocycles. The van der Waals surface area contributed by atoms with Crippen molar-refractivity contribution >= 4 is 15.7 Å². The first-order valence-electron chi connectivity index (χ1n) is 12.5. The van der Waals surface area contributed by atoms with Gasteiger partial charge in [-0.05, 0) is 31.0 Å². The highest BCUT2D eigenvalue weighted by Gasteiger charge is 2.36. The first kappa shape index (κ1) is 28.3. The van der Waals surface area contributed by atoms with E-state index in [0.29, 0.717) is 63.9 Å². The van der Waals surface area contributed by atoms with Crippen LogP contribution in [0, 0.1) is 0 Å². The minimum Gasteiger partial charge on any atom is -0.406 e. The molecule has 0 radical (unpaired) electrons. The molecule has 0 bridgehead atoms. The van der Waals surface area contributed by atoms with Gasteiger partial charge in [0.25, 0.3) is 0 Å². The Morgan fingerprint density at radius 2 is 1.82 bits per heavy atom. The van der Waals surface area contributed by atoms with Gasteiger partial charge in [-0.25, -0.2) is 8.42 Å². The Bertz CT molecular complexity index is 1170. The third kappa shape index (κ3) is 7.90. The number of amides is 1. The number of likely N-dealkylation sites (tertiary alicyclic amines) is 1. The van der Waals surface area contributed by atoms with Crippen molar-refractivity contribution in [3.63, 3.8) is 0 Å². The summed E-state index contributed by atoms with van der Waals surface area (Å²) in [7, 11) is -3.07. The molecule has 1 aromatic heterocycles. The lowest BCUT2D eigenvalue weighted by atomic mass is 9.84. The summed E-state index contributed by atoms with van der Waals surface area (Å²) < 4.78 is 76.1. The number of carbonyl (C=O) groups excluding carboxylic acids is 1. The van der Waals surface area contributed by atoms with Gasteiger partial charge in [0.2, 0.25) is 11.8 Å². The van der Waals surface area contributed by atoms with E-state index >= 15 is 0 Å². The molecule has 14 heteroatoms. The molecule has 1 aromatic carbocycles. The number of rotatable bonds is 9. The number of sulfone groups is 1. The van der Waals surface area contributed by atoms with Crippen molar-refractivity contribution in [2.75, 3.05) is 57.4 Å². The van der Waals surface area contributed by atoms with Crippen LogP contribution in [0.25, 0.3) is 0 Å². The van der Waals surface area contributed by atoms with E-state index in [1.807, 2.05) is 11.8 Å². The van der Waals surface area contributed by atoms with Crippen molar-refractivity contribution in [2.45, 2.75) is 38.0 Å². The minimum atomic E-state index is -4.79. The zero-order chi connectivity index (χ0) is 27.3. The molecule has 0 N–H and O–H groups in total. The van der Waals surface area contributed by atoms with E-state index in [4.69, 9.17) is 9.26 Å². The quantitative estimate of drug-likeness (QED) is 0.427. The molecule has 2 aliphatic heterocycles. The molecule has 2 fully saturated rings. The van der Waals surface area contributed by atoms with Crippen LogP contribution < -0.4 is 4.74 Å². The lowest BCUT2D eigenvalue weighted by molar-refractivity contribution is -0.274.